The number of aromatic nitrogens is 2. The zero-order valence-electron chi connectivity index (χ0n) is 16.1. The summed E-state index contributed by atoms with van der Waals surface area (Å²) in [5, 5.41) is 2.64. The van der Waals surface area contributed by atoms with E-state index in [4.69, 9.17) is 4.98 Å². The maximum Gasteiger partial charge on any atom is 0.406 e. The number of fused-ring (bicyclic) bond motifs is 4. The molecular formula is C20H23BrN4O3. The van der Waals surface area contributed by atoms with Crippen LogP contribution in [0.3, 0.4) is 0 Å². The number of H-pyrrole nitrogens is 1. The Kier molecular flexibility index (Phi) is 4.69. The molecule has 148 valence electrons. The predicted octanol–water partition coefficient (Wildman–Crippen LogP) is 3.87. The summed E-state index contributed by atoms with van der Waals surface area (Å²) in [6, 6.07) is 6.00. The van der Waals surface area contributed by atoms with Gasteiger partial charge in [0.15, 0.2) is 0 Å². The van der Waals surface area contributed by atoms with Gasteiger partial charge in [0, 0.05) is 28.7 Å². The fourth-order valence-corrected chi connectivity index (χ4v) is 4.53. The molecule has 1 fully saturated rings. The molecule has 7 nitrogen and oxygen atoms in total. The number of hydrogen-bond donors (Lipinski definition) is 2. The Morgan fingerprint density at radius 1 is 1.43 bits per heavy atom. The quantitative estimate of drug-likeness (QED) is 0.636. The van der Waals surface area contributed by atoms with Gasteiger partial charge in [-0.1, -0.05) is 28.1 Å². The van der Waals surface area contributed by atoms with Crippen molar-refractivity contribution < 1.29 is 14.3 Å². The van der Waals surface area contributed by atoms with Crippen LogP contribution in [0.5, 0.6) is 0 Å². The average Bonchev–Trinajstić information content (AvgIpc) is 3.28. The summed E-state index contributed by atoms with van der Waals surface area (Å²) in [5.41, 5.74) is 3.54. The number of likely N-dealkylation sites (tertiary alicyclic amines) is 1. The second-order valence-corrected chi connectivity index (χ2v) is 8.75. The van der Waals surface area contributed by atoms with Crippen molar-refractivity contribution in [2.75, 3.05) is 20.2 Å². The summed E-state index contributed by atoms with van der Waals surface area (Å²) in [7, 11) is 1.31. The maximum atomic E-state index is 13.2. The molecule has 0 radical (unpaired) electrons. The Labute approximate surface area is 172 Å². The van der Waals surface area contributed by atoms with E-state index in [1.807, 2.05) is 30.9 Å². The lowest BCUT2D eigenvalue weighted by Crippen LogP contribution is -2.46. The molecule has 0 saturated carbocycles. The Hall–Kier alpha value is -2.35. The Balaban J connectivity index is 1.54. The highest BCUT2D eigenvalue weighted by Gasteiger charge is 2.41. The standard InChI is InChI=1S/C20H23BrN4O3/c1-20(2,10-22-19(27)28-3)18(26)25-9-5-8-13(25)17-23-15-11-6-4-7-12(21)14(11)16(15)24-17/h4,6-7,13H,5,8-10H2,1-3H3,(H,22,27)(H,23,24). The van der Waals surface area contributed by atoms with Gasteiger partial charge in [-0.2, -0.15) is 0 Å². The maximum absolute atomic E-state index is 13.2. The average molecular weight is 447 g/mol. The number of amides is 2. The summed E-state index contributed by atoms with van der Waals surface area (Å²) < 4.78 is 5.65. The topological polar surface area (TPSA) is 87.3 Å². The minimum absolute atomic E-state index is 0.00356. The molecule has 2 aliphatic rings. The molecule has 0 spiro atoms. The molecule has 1 atom stereocenters. The molecule has 8 heteroatoms. The molecule has 28 heavy (non-hydrogen) atoms. The lowest BCUT2D eigenvalue weighted by atomic mass is 9.90. The van der Waals surface area contributed by atoms with Crippen LogP contribution in [-0.4, -0.2) is 47.1 Å². The number of imidazole rings is 1. The zero-order valence-corrected chi connectivity index (χ0v) is 17.7. The first kappa shape index (κ1) is 19.0. The zero-order chi connectivity index (χ0) is 20.1. The van der Waals surface area contributed by atoms with Gasteiger partial charge in [0.05, 0.1) is 30.0 Å². The van der Waals surface area contributed by atoms with E-state index in [0.29, 0.717) is 6.54 Å². The van der Waals surface area contributed by atoms with E-state index < -0.39 is 11.5 Å². The predicted molar refractivity (Wildman–Crippen MR) is 109 cm³/mol. The van der Waals surface area contributed by atoms with Gasteiger partial charge in [-0.05, 0) is 32.8 Å². The number of benzene rings is 1. The normalized spacial score (nSPS) is 17.6. The molecule has 1 aliphatic carbocycles. The second kappa shape index (κ2) is 6.92. The number of ether oxygens (including phenoxy) is 1. The molecule has 4 rings (SSSR count). The minimum Gasteiger partial charge on any atom is -0.453 e. The van der Waals surface area contributed by atoms with Gasteiger partial charge in [0.25, 0.3) is 0 Å². The molecule has 1 aromatic carbocycles. The Bertz CT molecular complexity index is 953. The van der Waals surface area contributed by atoms with Crippen LogP contribution < -0.4 is 5.32 Å². The Morgan fingerprint density at radius 3 is 2.96 bits per heavy atom. The van der Waals surface area contributed by atoms with Crippen molar-refractivity contribution in [3.63, 3.8) is 0 Å². The van der Waals surface area contributed by atoms with Crippen LogP contribution in [0.2, 0.25) is 0 Å². The molecule has 2 aromatic rings. The number of carbonyl (C=O) groups is 2. The lowest BCUT2D eigenvalue weighted by Gasteiger charge is -2.32. The van der Waals surface area contributed by atoms with Crippen molar-refractivity contribution in [2.45, 2.75) is 32.7 Å². The number of halogens is 1. The summed E-state index contributed by atoms with van der Waals surface area (Å²) in [5.74, 6) is 0.833. The largest absolute Gasteiger partial charge is 0.453 e. The minimum atomic E-state index is -0.735. The van der Waals surface area contributed by atoms with Gasteiger partial charge in [-0.25, -0.2) is 9.78 Å². The van der Waals surface area contributed by atoms with Gasteiger partial charge in [0.2, 0.25) is 5.91 Å². The molecule has 1 aliphatic heterocycles. The highest BCUT2D eigenvalue weighted by molar-refractivity contribution is 9.10. The number of carbonyl (C=O) groups excluding carboxylic acids is 2. The SMILES string of the molecule is COC(=O)NCC(C)(C)C(=O)N1CCCC1c1nc2c([nH]1)-c1c(Br)cccc1-2. The van der Waals surface area contributed by atoms with Crippen molar-refractivity contribution >= 4 is 27.9 Å². The number of nitrogens with zero attached hydrogens (tertiary/aromatic N) is 2. The van der Waals surface area contributed by atoms with Crippen LogP contribution in [0.4, 0.5) is 4.79 Å². The van der Waals surface area contributed by atoms with Crippen molar-refractivity contribution in [1.29, 1.82) is 0 Å². The summed E-state index contributed by atoms with van der Waals surface area (Å²) in [6.07, 6.45) is 1.27. The molecule has 1 unspecified atom stereocenters. The number of hydrogen-bond acceptors (Lipinski definition) is 4. The molecule has 2 amide bonds. The van der Waals surface area contributed by atoms with E-state index in [9.17, 15) is 9.59 Å². The van der Waals surface area contributed by atoms with E-state index in [2.05, 4.69) is 37.0 Å². The molecule has 0 bridgehead atoms. The van der Waals surface area contributed by atoms with Crippen LogP contribution >= 0.6 is 15.9 Å². The first-order chi connectivity index (χ1) is 13.3. The molecular weight excluding hydrogens is 424 g/mol. The van der Waals surface area contributed by atoms with E-state index in [-0.39, 0.29) is 18.5 Å². The van der Waals surface area contributed by atoms with E-state index >= 15 is 0 Å². The number of nitrogens with one attached hydrogen (secondary N) is 2. The van der Waals surface area contributed by atoms with E-state index in [1.54, 1.807) is 0 Å². The van der Waals surface area contributed by atoms with Gasteiger partial charge in [0.1, 0.15) is 5.82 Å². The third-order valence-electron chi connectivity index (χ3n) is 5.51. The smallest absolute Gasteiger partial charge is 0.406 e. The third-order valence-corrected chi connectivity index (χ3v) is 6.17. The van der Waals surface area contributed by atoms with Crippen molar-refractivity contribution in [1.82, 2.24) is 20.2 Å². The van der Waals surface area contributed by atoms with Crippen molar-refractivity contribution in [2.24, 2.45) is 5.41 Å². The highest BCUT2D eigenvalue weighted by Crippen LogP contribution is 2.50. The number of aromatic amines is 1. The van der Waals surface area contributed by atoms with Gasteiger partial charge < -0.3 is 19.9 Å². The third kappa shape index (κ3) is 2.99. The number of rotatable bonds is 4. The molecule has 2 N–H and O–H groups in total. The van der Waals surface area contributed by atoms with Crippen LogP contribution in [0, 0.1) is 5.41 Å². The van der Waals surface area contributed by atoms with Crippen LogP contribution in [0.15, 0.2) is 22.7 Å². The molecule has 1 saturated heterocycles. The van der Waals surface area contributed by atoms with Crippen molar-refractivity contribution in [3.8, 4) is 22.5 Å². The fraction of sp³-hybridized carbons (Fsp3) is 0.450. The monoisotopic (exact) mass is 446 g/mol. The van der Waals surface area contributed by atoms with E-state index in [1.165, 1.54) is 7.11 Å². The first-order valence-corrected chi connectivity index (χ1v) is 10.1. The van der Waals surface area contributed by atoms with E-state index in [0.717, 1.165) is 45.7 Å². The number of alkyl carbamates (subject to hydrolysis) is 1. The van der Waals surface area contributed by atoms with Crippen molar-refractivity contribution in [3.05, 3.63) is 28.5 Å². The van der Waals surface area contributed by atoms with Crippen LogP contribution in [0.25, 0.3) is 22.5 Å². The van der Waals surface area contributed by atoms with Gasteiger partial charge >= 0.3 is 6.09 Å². The van der Waals surface area contributed by atoms with Crippen LogP contribution in [0.1, 0.15) is 38.6 Å². The lowest BCUT2D eigenvalue weighted by molar-refractivity contribution is -0.141. The molecule has 1 aromatic heterocycles. The highest BCUT2D eigenvalue weighted by atomic mass is 79.9. The summed E-state index contributed by atoms with van der Waals surface area (Å²) in [6.45, 7) is 4.58. The van der Waals surface area contributed by atoms with Gasteiger partial charge in [-0.3, -0.25) is 4.79 Å². The first-order valence-electron chi connectivity index (χ1n) is 9.35. The molecule has 2 heterocycles. The fourth-order valence-electron chi connectivity index (χ4n) is 3.96. The Morgan fingerprint density at radius 2 is 2.21 bits per heavy atom. The van der Waals surface area contributed by atoms with Gasteiger partial charge in [-0.15, -0.1) is 0 Å². The summed E-state index contributed by atoms with van der Waals surface area (Å²) >= 11 is 3.60. The summed E-state index contributed by atoms with van der Waals surface area (Å²) in [4.78, 5) is 34.7. The number of methoxy groups -OCH3 is 1. The van der Waals surface area contributed by atoms with Crippen LogP contribution in [-0.2, 0) is 9.53 Å². The second-order valence-electron chi connectivity index (χ2n) is 7.89.